The van der Waals surface area contributed by atoms with Gasteiger partial charge in [-0.25, -0.2) is 4.58 Å². The van der Waals surface area contributed by atoms with Gasteiger partial charge in [-0.3, -0.25) is 0 Å². The molecule has 58 valence electrons. The number of rotatable bonds is 3. The largest absolute Gasteiger partial charge is 0.237 e. The maximum atomic E-state index is 2.56. The summed E-state index contributed by atoms with van der Waals surface area (Å²) in [5.41, 5.74) is 1.68. The van der Waals surface area contributed by atoms with Gasteiger partial charge in [0.2, 0.25) is 0 Å². The van der Waals surface area contributed by atoms with Crippen LogP contribution in [-0.4, -0.2) is 23.4 Å². The molecule has 0 N–H and O–H groups in total. The van der Waals surface area contributed by atoms with Gasteiger partial charge in [0.25, 0.3) is 0 Å². The summed E-state index contributed by atoms with van der Waals surface area (Å²) in [6, 6.07) is 0. The number of hydrogen-bond acceptors (Lipinski definition) is 0. The zero-order valence-electron chi connectivity index (χ0n) is 7.19. The maximum Gasteiger partial charge on any atom is 0.152 e. The monoisotopic (exact) mass is 140 g/mol. The molecule has 1 nitrogen and oxygen atoms in total. The average molecular weight is 140 g/mol. The molecule has 1 heterocycles. The summed E-state index contributed by atoms with van der Waals surface area (Å²) in [7, 11) is 0. The first kappa shape index (κ1) is 7.77. The van der Waals surface area contributed by atoms with Gasteiger partial charge >= 0.3 is 0 Å². The highest BCUT2D eigenvalue weighted by molar-refractivity contribution is 5.80. The van der Waals surface area contributed by atoms with Gasteiger partial charge in [0.05, 0.1) is 0 Å². The molecule has 1 rings (SSSR count). The third kappa shape index (κ3) is 1.59. The van der Waals surface area contributed by atoms with E-state index in [1.54, 1.807) is 5.71 Å². The van der Waals surface area contributed by atoms with E-state index in [0.29, 0.717) is 0 Å². The molecule has 0 bridgehead atoms. The third-order valence-corrected chi connectivity index (χ3v) is 2.24. The number of nitrogens with zero attached hydrogens (tertiary/aromatic N) is 1. The highest BCUT2D eigenvalue weighted by Gasteiger charge is 2.18. The lowest BCUT2D eigenvalue weighted by molar-refractivity contribution is -0.520. The van der Waals surface area contributed by atoms with Crippen LogP contribution in [0.2, 0.25) is 0 Å². The van der Waals surface area contributed by atoms with Crippen molar-refractivity contribution in [2.45, 2.75) is 39.5 Å². The Labute approximate surface area is 63.8 Å². The Hall–Kier alpha value is -0.330. The minimum Gasteiger partial charge on any atom is -0.237 e. The topological polar surface area (TPSA) is 3.01 Å². The molecule has 0 fully saturated rings. The van der Waals surface area contributed by atoms with Crippen LogP contribution < -0.4 is 0 Å². The van der Waals surface area contributed by atoms with Crippen LogP contribution in [0.1, 0.15) is 39.5 Å². The maximum absolute atomic E-state index is 2.56. The average Bonchev–Trinajstić information content (AvgIpc) is 2.36. The van der Waals surface area contributed by atoms with Crippen LogP contribution in [0.3, 0.4) is 0 Å². The van der Waals surface area contributed by atoms with E-state index in [0.717, 1.165) is 0 Å². The lowest BCUT2D eigenvalue weighted by Gasteiger charge is -1.96. The third-order valence-electron chi connectivity index (χ3n) is 2.24. The van der Waals surface area contributed by atoms with Gasteiger partial charge in [0, 0.05) is 25.7 Å². The Kier molecular flexibility index (Phi) is 2.91. The molecule has 1 aliphatic heterocycles. The summed E-state index contributed by atoms with van der Waals surface area (Å²) < 4.78 is 2.56. The van der Waals surface area contributed by atoms with Crippen LogP contribution in [0.15, 0.2) is 0 Å². The van der Waals surface area contributed by atoms with Gasteiger partial charge in [-0.05, 0) is 0 Å². The summed E-state index contributed by atoms with van der Waals surface area (Å²) in [6.07, 6.45) is 5.31. The molecule has 0 saturated carbocycles. The Morgan fingerprint density at radius 3 is 2.80 bits per heavy atom. The lowest BCUT2D eigenvalue weighted by Crippen LogP contribution is -2.15. The van der Waals surface area contributed by atoms with Crippen molar-refractivity contribution in [2.24, 2.45) is 0 Å². The van der Waals surface area contributed by atoms with E-state index >= 15 is 0 Å². The van der Waals surface area contributed by atoms with Crippen molar-refractivity contribution in [3.8, 4) is 0 Å². The smallest absolute Gasteiger partial charge is 0.152 e. The zero-order valence-corrected chi connectivity index (χ0v) is 7.19. The van der Waals surface area contributed by atoms with E-state index in [9.17, 15) is 0 Å². The Balaban J connectivity index is 2.50. The molecule has 0 saturated heterocycles. The molecule has 0 atom stereocenters. The molecule has 10 heavy (non-hydrogen) atoms. The second-order valence-electron chi connectivity index (χ2n) is 3.01. The first-order valence-corrected chi connectivity index (χ1v) is 4.48. The van der Waals surface area contributed by atoms with E-state index in [1.807, 2.05) is 0 Å². The highest BCUT2D eigenvalue weighted by atomic mass is 15.0. The van der Waals surface area contributed by atoms with Crippen molar-refractivity contribution >= 4 is 5.71 Å². The Morgan fingerprint density at radius 1 is 1.40 bits per heavy atom. The predicted octanol–water partition coefficient (Wildman–Crippen LogP) is 2.05. The fourth-order valence-corrected chi connectivity index (χ4v) is 1.73. The van der Waals surface area contributed by atoms with Gasteiger partial charge in [-0.2, -0.15) is 0 Å². The van der Waals surface area contributed by atoms with Gasteiger partial charge in [0.1, 0.15) is 13.1 Å². The van der Waals surface area contributed by atoms with E-state index < -0.39 is 0 Å². The van der Waals surface area contributed by atoms with Crippen molar-refractivity contribution < 1.29 is 4.58 Å². The predicted molar refractivity (Wildman–Crippen MR) is 44.8 cm³/mol. The van der Waals surface area contributed by atoms with Crippen LogP contribution in [0, 0.1) is 0 Å². The Morgan fingerprint density at radius 2 is 2.20 bits per heavy atom. The normalized spacial score (nSPS) is 18.6. The van der Waals surface area contributed by atoms with Crippen molar-refractivity contribution in [1.29, 1.82) is 0 Å². The van der Waals surface area contributed by atoms with Crippen LogP contribution in [0.4, 0.5) is 0 Å². The minimum atomic E-state index is 1.26. The van der Waals surface area contributed by atoms with Crippen LogP contribution >= 0.6 is 0 Å². The fourth-order valence-electron chi connectivity index (χ4n) is 1.73. The minimum absolute atomic E-state index is 1.26. The van der Waals surface area contributed by atoms with E-state index in [1.165, 1.54) is 38.8 Å². The van der Waals surface area contributed by atoms with Gasteiger partial charge in [0.15, 0.2) is 5.71 Å². The SMILES string of the molecule is CCC[N+]1=C(CC)CCC1. The summed E-state index contributed by atoms with van der Waals surface area (Å²) >= 11 is 0. The fraction of sp³-hybridized carbons (Fsp3) is 0.889. The van der Waals surface area contributed by atoms with Crippen molar-refractivity contribution in [3.63, 3.8) is 0 Å². The van der Waals surface area contributed by atoms with Crippen molar-refractivity contribution in [2.75, 3.05) is 13.1 Å². The summed E-state index contributed by atoms with van der Waals surface area (Å²) in [6.45, 7) is 7.12. The van der Waals surface area contributed by atoms with E-state index in [-0.39, 0.29) is 0 Å². The second kappa shape index (κ2) is 3.75. The molecule has 0 aliphatic carbocycles. The first-order chi connectivity index (χ1) is 4.88. The molecule has 0 aromatic heterocycles. The van der Waals surface area contributed by atoms with Gasteiger partial charge < -0.3 is 0 Å². The molecule has 0 unspecified atom stereocenters. The quantitative estimate of drug-likeness (QED) is 0.528. The first-order valence-electron chi connectivity index (χ1n) is 4.48. The molecular weight excluding hydrogens is 122 g/mol. The molecule has 0 radical (unpaired) electrons. The molecule has 0 amide bonds. The standard InChI is InChI=1S/C9H18N/c1-3-7-10-8-5-6-9(10)4-2/h3-8H2,1-2H3/q+1. The second-order valence-corrected chi connectivity index (χ2v) is 3.01. The molecule has 1 aliphatic rings. The van der Waals surface area contributed by atoms with Crippen LogP contribution in [0.5, 0.6) is 0 Å². The van der Waals surface area contributed by atoms with Crippen molar-refractivity contribution in [1.82, 2.24) is 0 Å². The van der Waals surface area contributed by atoms with Gasteiger partial charge in [-0.1, -0.05) is 13.8 Å². The van der Waals surface area contributed by atoms with E-state index in [2.05, 4.69) is 18.4 Å². The highest BCUT2D eigenvalue weighted by Crippen LogP contribution is 2.07. The zero-order chi connectivity index (χ0) is 7.40. The molecular formula is C9H18N+. The summed E-state index contributed by atoms with van der Waals surface area (Å²) in [5, 5.41) is 0. The lowest BCUT2D eigenvalue weighted by atomic mass is 10.2. The number of hydrogen-bond donors (Lipinski definition) is 0. The van der Waals surface area contributed by atoms with Crippen LogP contribution in [-0.2, 0) is 0 Å². The molecule has 0 aromatic rings. The molecule has 0 spiro atoms. The molecule has 0 aromatic carbocycles. The molecule has 1 heteroatoms. The Bertz CT molecular complexity index is 136. The summed E-state index contributed by atoms with van der Waals surface area (Å²) in [4.78, 5) is 0. The van der Waals surface area contributed by atoms with E-state index in [4.69, 9.17) is 0 Å². The van der Waals surface area contributed by atoms with Crippen molar-refractivity contribution in [3.05, 3.63) is 0 Å². The van der Waals surface area contributed by atoms with Crippen LogP contribution in [0.25, 0.3) is 0 Å². The van der Waals surface area contributed by atoms with Gasteiger partial charge in [-0.15, -0.1) is 0 Å². The summed E-state index contributed by atoms with van der Waals surface area (Å²) in [5.74, 6) is 0.